The zero-order chi connectivity index (χ0) is 23.5. The molecule has 11 heteroatoms. The Morgan fingerprint density at radius 3 is 2.13 bits per heavy atom. The van der Waals surface area contributed by atoms with E-state index in [4.69, 9.17) is 5.11 Å². The van der Waals surface area contributed by atoms with Crippen molar-refractivity contribution >= 4 is 38.7 Å². The van der Waals surface area contributed by atoms with Gasteiger partial charge in [0.25, 0.3) is 10.0 Å². The number of hydrogen-bond acceptors (Lipinski definition) is 9. The molecular formula is C20H26N2O8S. The molecule has 0 radical (unpaired) electrons. The van der Waals surface area contributed by atoms with Crippen LogP contribution in [0.2, 0.25) is 0 Å². The molecule has 0 aliphatic rings. The van der Waals surface area contributed by atoms with Crippen LogP contribution in [0.4, 0.5) is 5.69 Å². The minimum atomic E-state index is -4.67. The highest BCUT2D eigenvalue weighted by Crippen LogP contribution is 2.32. The normalized spacial score (nSPS) is 15.7. The molecule has 0 aliphatic heterocycles. The molecule has 170 valence electrons. The molecule has 2 rings (SSSR count). The SMILES string of the molecule is CC(=O)N([C@@H](C=O)[C@@H](O)[C@H](O)[C@H](O)CO)S(=O)(=O)c1cccc2c(N(C)C)cccc12. The quantitative estimate of drug-likeness (QED) is 0.352. The fourth-order valence-electron chi connectivity index (χ4n) is 3.34. The summed E-state index contributed by atoms with van der Waals surface area (Å²) in [6, 6.07) is 7.39. The highest BCUT2D eigenvalue weighted by Gasteiger charge is 2.42. The van der Waals surface area contributed by atoms with Crippen molar-refractivity contribution in [3.05, 3.63) is 36.4 Å². The number of sulfonamides is 1. The smallest absolute Gasteiger partial charge is 0.267 e. The monoisotopic (exact) mass is 454 g/mol. The molecule has 1 amide bonds. The average molecular weight is 455 g/mol. The molecule has 31 heavy (non-hydrogen) atoms. The zero-order valence-corrected chi connectivity index (χ0v) is 18.1. The Morgan fingerprint density at radius 1 is 1.03 bits per heavy atom. The summed E-state index contributed by atoms with van der Waals surface area (Å²) in [7, 11) is -1.11. The molecule has 0 aliphatic carbocycles. The predicted molar refractivity (Wildman–Crippen MR) is 113 cm³/mol. The van der Waals surface area contributed by atoms with Gasteiger partial charge in [-0.3, -0.25) is 4.79 Å². The molecule has 0 spiro atoms. The third-order valence-electron chi connectivity index (χ3n) is 4.88. The van der Waals surface area contributed by atoms with E-state index in [9.17, 15) is 33.3 Å². The minimum absolute atomic E-state index is 0.00664. The van der Waals surface area contributed by atoms with Gasteiger partial charge in [-0.15, -0.1) is 0 Å². The van der Waals surface area contributed by atoms with Crippen LogP contribution in [0.5, 0.6) is 0 Å². The van der Waals surface area contributed by atoms with Crippen molar-refractivity contribution in [2.45, 2.75) is 36.2 Å². The molecule has 0 unspecified atom stereocenters. The van der Waals surface area contributed by atoms with E-state index >= 15 is 0 Å². The van der Waals surface area contributed by atoms with Gasteiger partial charge in [0.05, 0.1) is 11.5 Å². The van der Waals surface area contributed by atoms with Crippen LogP contribution in [-0.2, 0) is 19.6 Å². The number of carbonyl (C=O) groups is 2. The van der Waals surface area contributed by atoms with Crippen molar-refractivity contribution in [1.29, 1.82) is 0 Å². The number of aliphatic hydroxyl groups excluding tert-OH is 4. The van der Waals surface area contributed by atoms with Crippen molar-refractivity contribution in [3.8, 4) is 0 Å². The van der Waals surface area contributed by atoms with Crippen LogP contribution in [0.15, 0.2) is 41.3 Å². The van der Waals surface area contributed by atoms with Crippen LogP contribution in [0.3, 0.4) is 0 Å². The van der Waals surface area contributed by atoms with Crippen molar-refractivity contribution in [3.63, 3.8) is 0 Å². The van der Waals surface area contributed by atoms with Gasteiger partial charge in [0.1, 0.15) is 30.6 Å². The third kappa shape index (κ3) is 4.70. The molecule has 0 saturated carbocycles. The van der Waals surface area contributed by atoms with Gasteiger partial charge in [0.15, 0.2) is 0 Å². The maximum Gasteiger partial charge on any atom is 0.267 e. The second-order valence-corrected chi connectivity index (χ2v) is 8.98. The van der Waals surface area contributed by atoms with Crippen LogP contribution in [-0.4, -0.2) is 90.4 Å². The number of fused-ring (bicyclic) bond motifs is 1. The van der Waals surface area contributed by atoms with Gasteiger partial charge in [-0.25, -0.2) is 12.7 Å². The molecule has 2 aromatic rings. The first kappa shape index (κ1) is 24.7. The summed E-state index contributed by atoms with van der Waals surface area (Å²) in [5.74, 6) is -1.08. The molecule has 4 N–H and O–H groups in total. The Kier molecular flexibility index (Phi) is 7.73. The van der Waals surface area contributed by atoms with E-state index in [-0.39, 0.29) is 20.9 Å². The second kappa shape index (κ2) is 9.71. The van der Waals surface area contributed by atoms with Gasteiger partial charge >= 0.3 is 0 Å². The average Bonchev–Trinajstić information content (AvgIpc) is 2.74. The fourth-order valence-corrected chi connectivity index (χ4v) is 5.09. The summed E-state index contributed by atoms with van der Waals surface area (Å²) < 4.78 is 27.1. The summed E-state index contributed by atoms with van der Waals surface area (Å²) in [6.45, 7) is -0.0563. The van der Waals surface area contributed by atoms with Gasteiger partial charge in [0, 0.05) is 37.5 Å². The number of aldehydes is 1. The van der Waals surface area contributed by atoms with E-state index in [2.05, 4.69) is 0 Å². The molecule has 0 saturated heterocycles. The first-order valence-corrected chi connectivity index (χ1v) is 10.8. The summed E-state index contributed by atoms with van der Waals surface area (Å²) in [5, 5.41) is 39.7. The number of rotatable bonds is 9. The Labute approximate surface area is 180 Å². The van der Waals surface area contributed by atoms with Gasteiger partial charge in [-0.1, -0.05) is 24.3 Å². The van der Waals surface area contributed by atoms with E-state index < -0.39 is 46.9 Å². The first-order chi connectivity index (χ1) is 14.5. The predicted octanol–water partition coefficient (Wildman–Crippen LogP) is -0.914. The van der Waals surface area contributed by atoms with Crippen LogP contribution in [0, 0.1) is 0 Å². The minimum Gasteiger partial charge on any atom is -0.394 e. The molecule has 2 aromatic carbocycles. The Morgan fingerprint density at radius 2 is 1.61 bits per heavy atom. The molecule has 0 aromatic heterocycles. The van der Waals surface area contributed by atoms with Gasteiger partial charge in [-0.05, 0) is 12.1 Å². The lowest BCUT2D eigenvalue weighted by Gasteiger charge is -2.33. The lowest BCUT2D eigenvalue weighted by atomic mass is 10.0. The molecular weight excluding hydrogens is 428 g/mol. The number of nitrogens with zero attached hydrogens (tertiary/aromatic N) is 2. The van der Waals surface area contributed by atoms with Crippen molar-refractivity contribution < 1.29 is 38.4 Å². The molecule has 4 atom stereocenters. The van der Waals surface area contributed by atoms with Crippen molar-refractivity contribution in [1.82, 2.24) is 4.31 Å². The Balaban J connectivity index is 2.68. The molecule has 10 nitrogen and oxygen atoms in total. The third-order valence-corrected chi connectivity index (χ3v) is 6.81. The number of anilines is 1. The van der Waals surface area contributed by atoms with Crippen LogP contribution in [0.1, 0.15) is 6.92 Å². The summed E-state index contributed by atoms with van der Waals surface area (Å²) >= 11 is 0. The summed E-state index contributed by atoms with van der Waals surface area (Å²) in [4.78, 5) is 25.5. The summed E-state index contributed by atoms with van der Waals surface area (Å²) in [6.07, 6.45) is -6.11. The van der Waals surface area contributed by atoms with Gasteiger partial charge < -0.3 is 30.1 Å². The lowest BCUT2D eigenvalue weighted by Crippen LogP contribution is -2.56. The second-order valence-electron chi connectivity index (χ2n) is 7.20. The van der Waals surface area contributed by atoms with E-state index in [0.717, 1.165) is 12.6 Å². The van der Waals surface area contributed by atoms with E-state index in [0.29, 0.717) is 5.39 Å². The first-order valence-electron chi connectivity index (χ1n) is 9.33. The van der Waals surface area contributed by atoms with E-state index in [1.165, 1.54) is 12.1 Å². The zero-order valence-electron chi connectivity index (χ0n) is 17.3. The van der Waals surface area contributed by atoms with E-state index in [1.807, 2.05) is 0 Å². The topological polar surface area (TPSA) is 156 Å². The number of benzene rings is 2. The van der Waals surface area contributed by atoms with Gasteiger partial charge in [-0.2, -0.15) is 0 Å². The van der Waals surface area contributed by atoms with E-state index in [1.54, 1.807) is 43.3 Å². The van der Waals surface area contributed by atoms with Crippen molar-refractivity contribution in [2.75, 3.05) is 25.6 Å². The Hall–Kier alpha value is -2.57. The largest absolute Gasteiger partial charge is 0.394 e. The molecule has 0 bridgehead atoms. The summed E-state index contributed by atoms with van der Waals surface area (Å²) in [5.41, 5.74) is 0.720. The fraction of sp³-hybridized carbons (Fsp3) is 0.400. The highest BCUT2D eigenvalue weighted by molar-refractivity contribution is 7.90. The number of aliphatic hydroxyl groups is 4. The number of hydrogen-bond donors (Lipinski definition) is 4. The van der Waals surface area contributed by atoms with Crippen LogP contribution in [0.25, 0.3) is 10.8 Å². The van der Waals surface area contributed by atoms with Crippen LogP contribution < -0.4 is 4.90 Å². The highest BCUT2D eigenvalue weighted by atomic mass is 32.2. The maximum atomic E-state index is 13.5. The molecule has 0 fully saturated rings. The maximum absolute atomic E-state index is 13.5. The van der Waals surface area contributed by atoms with Crippen LogP contribution >= 0.6 is 0 Å². The lowest BCUT2D eigenvalue weighted by molar-refractivity contribution is -0.138. The number of amides is 1. The Bertz CT molecular complexity index is 1060. The van der Waals surface area contributed by atoms with Crippen molar-refractivity contribution in [2.24, 2.45) is 0 Å². The molecule has 0 heterocycles. The van der Waals surface area contributed by atoms with Gasteiger partial charge in [0.2, 0.25) is 5.91 Å². The number of carbonyl (C=O) groups excluding carboxylic acids is 2. The standard InChI is InChI=1S/C20H26N2O8S/c1-12(25)22(16(10-23)19(27)20(28)17(26)11-24)31(29,30)18-9-5-6-13-14(18)7-4-8-15(13)21(2)3/h4-10,16-17,19-20,24,26-28H,11H2,1-3H3/t16-,17+,19+,20+/m0/s1.